The molecular formula is C18H29N3O3. The predicted octanol–water partition coefficient (Wildman–Crippen LogP) is 2.59. The summed E-state index contributed by atoms with van der Waals surface area (Å²) in [7, 11) is 0. The molecule has 24 heavy (non-hydrogen) atoms. The number of nitrogen functional groups attached to an aromatic ring is 1. The summed E-state index contributed by atoms with van der Waals surface area (Å²) in [5, 5.41) is 0. The van der Waals surface area contributed by atoms with Crippen LogP contribution < -0.4 is 10.5 Å². The van der Waals surface area contributed by atoms with Gasteiger partial charge < -0.3 is 20.1 Å². The number of hydrogen-bond acceptors (Lipinski definition) is 5. The lowest BCUT2D eigenvalue weighted by molar-refractivity contribution is 0.000363. The highest BCUT2D eigenvalue weighted by Crippen LogP contribution is 2.17. The second-order valence-electron chi connectivity index (χ2n) is 7.24. The number of anilines is 1. The van der Waals surface area contributed by atoms with Crippen LogP contribution in [0.2, 0.25) is 0 Å². The topological polar surface area (TPSA) is 68.0 Å². The smallest absolute Gasteiger partial charge is 0.410 e. The zero-order valence-corrected chi connectivity index (χ0v) is 15.1. The van der Waals surface area contributed by atoms with Crippen LogP contribution in [-0.4, -0.2) is 60.3 Å². The van der Waals surface area contributed by atoms with Crippen molar-refractivity contribution in [2.45, 2.75) is 39.3 Å². The first-order valence-corrected chi connectivity index (χ1v) is 8.45. The average Bonchev–Trinajstić information content (AvgIpc) is 2.45. The quantitative estimate of drug-likeness (QED) is 0.857. The van der Waals surface area contributed by atoms with Crippen LogP contribution >= 0.6 is 0 Å². The predicted molar refractivity (Wildman–Crippen MR) is 95.2 cm³/mol. The molecule has 1 unspecified atom stereocenters. The van der Waals surface area contributed by atoms with Crippen molar-refractivity contribution in [1.29, 1.82) is 0 Å². The van der Waals surface area contributed by atoms with Gasteiger partial charge in [0.05, 0.1) is 0 Å². The Morgan fingerprint density at radius 1 is 1.33 bits per heavy atom. The standard InChI is InChI=1S/C18H29N3O3/c1-14-13-20(8-9-21(14)17(22)24-18(2,3)4)10-11-23-16-7-5-6-15(19)12-16/h5-7,12,14H,8-11,13,19H2,1-4H3. The Bertz CT molecular complexity index is 557. The largest absolute Gasteiger partial charge is 0.492 e. The minimum absolute atomic E-state index is 0.126. The molecule has 0 radical (unpaired) electrons. The molecule has 6 heteroatoms. The van der Waals surface area contributed by atoms with Gasteiger partial charge in [0, 0.05) is 44.0 Å². The molecule has 0 saturated carbocycles. The van der Waals surface area contributed by atoms with Gasteiger partial charge in [0.15, 0.2) is 0 Å². The highest BCUT2D eigenvalue weighted by Gasteiger charge is 2.30. The lowest BCUT2D eigenvalue weighted by Gasteiger charge is -2.40. The van der Waals surface area contributed by atoms with Crippen LogP contribution in [0.1, 0.15) is 27.7 Å². The lowest BCUT2D eigenvalue weighted by Crippen LogP contribution is -2.55. The summed E-state index contributed by atoms with van der Waals surface area (Å²) in [4.78, 5) is 16.3. The maximum Gasteiger partial charge on any atom is 0.410 e. The van der Waals surface area contributed by atoms with E-state index in [9.17, 15) is 4.79 Å². The normalized spacial score (nSPS) is 19.2. The maximum atomic E-state index is 12.2. The number of nitrogens with zero attached hydrogens (tertiary/aromatic N) is 2. The van der Waals surface area contributed by atoms with E-state index in [1.807, 2.05) is 45.0 Å². The van der Waals surface area contributed by atoms with Crippen LogP contribution in [0.4, 0.5) is 10.5 Å². The summed E-state index contributed by atoms with van der Waals surface area (Å²) in [5.41, 5.74) is 5.98. The minimum atomic E-state index is -0.459. The minimum Gasteiger partial charge on any atom is -0.492 e. The molecule has 1 aromatic rings. The van der Waals surface area contributed by atoms with Crippen molar-refractivity contribution < 1.29 is 14.3 Å². The van der Waals surface area contributed by atoms with Gasteiger partial charge in [-0.3, -0.25) is 4.90 Å². The molecule has 134 valence electrons. The first-order chi connectivity index (χ1) is 11.2. The first-order valence-electron chi connectivity index (χ1n) is 8.45. The van der Waals surface area contributed by atoms with Gasteiger partial charge in [-0.05, 0) is 39.8 Å². The number of amides is 1. The Morgan fingerprint density at radius 2 is 2.08 bits per heavy atom. The van der Waals surface area contributed by atoms with Gasteiger partial charge in [0.2, 0.25) is 0 Å². The zero-order chi connectivity index (χ0) is 17.7. The molecule has 6 nitrogen and oxygen atoms in total. The van der Waals surface area contributed by atoms with Gasteiger partial charge in [-0.2, -0.15) is 0 Å². The third-order valence-electron chi connectivity index (χ3n) is 3.87. The molecule has 1 atom stereocenters. The van der Waals surface area contributed by atoms with Crippen molar-refractivity contribution in [3.05, 3.63) is 24.3 Å². The Morgan fingerprint density at radius 3 is 2.71 bits per heavy atom. The highest BCUT2D eigenvalue weighted by atomic mass is 16.6. The summed E-state index contributed by atoms with van der Waals surface area (Å²) in [6.45, 7) is 11.5. The summed E-state index contributed by atoms with van der Waals surface area (Å²) >= 11 is 0. The molecule has 2 rings (SSSR count). The fourth-order valence-corrected chi connectivity index (χ4v) is 2.72. The van der Waals surface area contributed by atoms with Gasteiger partial charge in [0.25, 0.3) is 0 Å². The van der Waals surface area contributed by atoms with E-state index in [1.165, 1.54) is 0 Å². The lowest BCUT2D eigenvalue weighted by atomic mass is 10.2. The van der Waals surface area contributed by atoms with E-state index in [1.54, 1.807) is 4.90 Å². The summed E-state index contributed by atoms with van der Waals surface area (Å²) in [6.07, 6.45) is -0.231. The molecule has 1 fully saturated rings. The van der Waals surface area contributed by atoms with Gasteiger partial charge in [0.1, 0.15) is 18.0 Å². The molecule has 2 N–H and O–H groups in total. The monoisotopic (exact) mass is 335 g/mol. The number of carbonyl (C=O) groups excluding carboxylic acids is 1. The number of carbonyl (C=O) groups is 1. The van der Waals surface area contributed by atoms with Crippen LogP contribution in [0, 0.1) is 0 Å². The number of hydrogen-bond donors (Lipinski definition) is 1. The molecule has 1 aliphatic rings. The Labute approximate surface area is 144 Å². The molecule has 1 amide bonds. The molecule has 1 aromatic carbocycles. The van der Waals surface area contributed by atoms with E-state index in [2.05, 4.69) is 11.8 Å². The number of rotatable bonds is 4. The van der Waals surface area contributed by atoms with E-state index in [0.717, 1.165) is 25.4 Å². The maximum absolute atomic E-state index is 12.2. The van der Waals surface area contributed by atoms with Crippen molar-refractivity contribution in [2.24, 2.45) is 0 Å². The van der Waals surface area contributed by atoms with E-state index in [-0.39, 0.29) is 12.1 Å². The fraction of sp³-hybridized carbons (Fsp3) is 0.611. The van der Waals surface area contributed by atoms with Gasteiger partial charge in [-0.25, -0.2) is 4.79 Å². The van der Waals surface area contributed by atoms with Crippen molar-refractivity contribution in [3.8, 4) is 5.75 Å². The molecule has 0 bridgehead atoms. The Kier molecular flexibility index (Phi) is 5.94. The third kappa shape index (κ3) is 5.60. The molecule has 1 aliphatic heterocycles. The van der Waals surface area contributed by atoms with Crippen molar-refractivity contribution >= 4 is 11.8 Å². The molecule has 1 heterocycles. The Balaban J connectivity index is 1.75. The molecule has 1 saturated heterocycles. The number of benzene rings is 1. The highest BCUT2D eigenvalue weighted by molar-refractivity contribution is 5.68. The molecule has 0 aliphatic carbocycles. The van der Waals surface area contributed by atoms with Crippen molar-refractivity contribution in [3.63, 3.8) is 0 Å². The average molecular weight is 335 g/mol. The summed E-state index contributed by atoms with van der Waals surface area (Å²) < 4.78 is 11.2. The molecule has 0 aromatic heterocycles. The first kappa shape index (κ1) is 18.4. The second kappa shape index (κ2) is 7.75. The van der Waals surface area contributed by atoms with E-state index < -0.39 is 5.60 Å². The van der Waals surface area contributed by atoms with Crippen LogP contribution in [-0.2, 0) is 4.74 Å². The third-order valence-corrected chi connectivity index (χ3v) is 3.87. The number of piperazine rings is 1. The Hall–Kier alpha value is -1.95. The van der Waals surface area contributed by atoms with E-state index in [0.29, 0.717) is 18.8 Å². The molecule has 0 spiro atoms. The van der Waals surface area contributed by atoms with Crippen LogP contribution in [0.3, 0.4) is 0 Å². The van der Waals surface area contributed by atoms with E-state index >= 15 is 0 Å². The fourth-order valence-electron chi connectivity index (χ4n) is 2.72. The summed E-state index contributed by atoms with van der Waals surface area (Å²) in [5.74, 6) is 0.787. The van der Waals surface area contributed by atoms with Crippen LogP contribution in [0.25, 0.3) is 0 Å². The van der Waals surface area contributed by atoms with Crippen LogP contribution in [0.5, 0.6) is 5.75 Å². The molecular weight excluding hydrogens is 306 g/mol. The van der Waals surface area contributed by atoms with Gasteiger partial charge in [-0.15, -0.1) is 0 Å². The zero-order valence-electron chi connectivity index (χ0n) is 15.1. The van der Waals surface area contributed by atoms with Crippen molar-refractivity contribution in [1.82, 2.24) is 9.80 Å². The van der Waals surface area contributed by atoms with Crippen LogP contribution in [0.15, 0.2) is 24.3 Å². The van der Waals surface area contributed by atoms with E-state index in [4.69, 9.17) is 15.2 Å². The number of nitrogens with two attached hydrogens (primary N) is 1. The number of ether oxygens (including phenoxy) is 2. The van der Waals surface area contributed by atoms with Gasteiger partial charge in [-0.1, -0.05) is 6.07 Å². The van der Waals surface area contributed by atoms with Crippen molar-refractivity contribution in [2.75, 3.05) is 38.5 Å². The second-order valence-corrected chi connectivity index (χ2v) is 7.24. The summed E-state index contributed by atoms with van der Waals surface area (Å²) in [6, 6.07) is 7.57. The van der Waals surface area contributed by atoms with Gasteiger partial charge >= 0.3 is 6.09 Å². The SMILES string of the molecule is CC1CN(CCOc2cccc(N)c2)CCN1C(=O)OC(C)(C)C.